The number of hydrogen-bond acceptors (Lipinski definition) is 3. The molecule has 0 radical (unpaired) electrons. The second-order valence-electron chi connectivity index (χ2n) is 5.34. The molecule has 0 aliphatic heterocycles. The fourth-order valence-corrected chi connectivity index (χ4v) is 2.44. The molecule has 132 valence electrons. The first-order valence-corrected chi connectivity index (χ1v) is 7.99. The summed E-state index contributed by atoms with van der Waals surface area (Å²) in [5.41, 5.74) is 1.02. The SMILES string of the molecule is O=C(Nc1cccc(OCc2ccccn2)c1)c1cc(F)c(F)cc1Cl. The van der Waals surface area contributed by atoms with Gasteiger partial charge in [0.15, 0.2) is 11.6 Å². The fourth-order valence-electron chi connectivity index (χ4n) is 2.20. The number of halogens is 3. The minimum Gasteiger partial charge on any atom is -0.487 e. The molecule has 4 nitrogen and oxygen atoms in total. The summed E-state index contributed by atoms with van der Waals surface area (Å²) in [6, 6.07) is 13.7. The molecule has 0 aliphatic carbocycles. The van der Waals surface area contributed by atoms with Crippen LogP contribution in [0.2, 0.25) is 5.02 Å². The quantitative estimate of drug-likeness (QED) is 0.650. The maximum Gasteiger partial charge on any atom is 0.257 e. The van der Waals surface area contributed by atoms with Crippen molar-refractivity contribution in [1.29, 1.82) is 0 Å². The molecule has 26 heavy (non-hydrogen) atoms. The van der Waals surface area contributed by atoms with Gasteiger partial charge < -0.3 is 10.1 Å². The van der Waals surface area contributed by atoms with Crippen LogP contribution in [0.5, 0.6) is 5.75 Å². The molecule has 1 aromatic heterocycles. The van der Waals surface area contributed by atoms with E-state index in [4.69, 9.17) is 16.3 Å². The molecule has 7 heteroatoms. The van der Waals surface area contributed by atoms with E-state index in [1.54, 1.807) is 30.5 Å². The van der Waals surface area contributed by atoms with Crippen molar-refractivity contribution in [3.8, 4) is 5.75 Å². The van der Waals surface area contributed by atoms with Gasteiger partial charge in [0.1, 0.15) is 12.4 Å². The smallest absolute Gasteiger partial charge is 0.257 e. The summed E-state index contributed by atoms with van der Waals surface area (Å²) in [5.74, 6) is -2.40. The zero-order valence-electron chi connectivity index (χ0n) is 13.4. The van der Waals surface area contributed by atoms with Gasteiger partial charge >= 0.3 is 0 Å². The highest BCUT2D eigenvalue weighted by molar-refractivity contribution is 6.34. The first-order valence-electron chi connectivity index (χ1n) is 7.61. The van der Waals surface area contributed by atoms with Gasteiger partial charge in [0, 0.05) is 18.0 Å². The number of hydrogen-bond donors (Lipinski definition) is 1. The van der Waals surface area contributed by atoms with E-state index in [0.717, 1.165) is 17.8 Å². The highest BCUT2D eigenvalue weighted by atomic mass is 35.5. The number of amides is 1. The molecule has 0 saturated heterocycles. The number of rotatable bonds is 5. The van der Waals surface area contributed by atoms with Crippen molar-refractivity contribution in [2.24, 2.45) is 0 Å². The second kappa shape index (κ2) is 7.93. The van der Waals surface area contributed by atoms with Crippen LogP contribution < -0.4 is 10.1 Å². The summed E-state index contributed by atoms with van der Waals surface area (Å²) in [7, 11) is 0. The van der Waals surface area contributed by atoms with Gasteiger partial charge in [0.05, 0.1) is 16.3 Å². The summed E-state index contributed by atoms with van der Waals surface area (Å²) in [5, 5.41) is 2.40. The Kier molecular flexibility index (Phi) is 5.43. The van der Waals surface area contributed by atoms with Crippen molar-refractivity contribution in [2.45, 2.75) is 6.61 Å². The maximum absolute atomic E-state index is 13.3. The predicted molar refractivity (Wildman–Crippen MR) is 94.3 cm³/mol. The number of anilines is 1. The van der Waals surface area contributed by atoms with E-state index in [-0.39, 0.29) is 17.2 Å². The Morgan fingerprint density at radius 3 is 2.65 bits per heavy atom. The molecule has 0 bridgehead atoms. The third kappa shape index (κ3) is 4.34. The van der Waals surface area contributed by atoms with Gasteiger partial charge in [-0.15, -0.1) is 0 Å². The predicted octanol–water partition coefficient (Wildman–Crippen LogP) is 4.84. The lowest BCUT2D eigenvalue weighted by atomic mass is 10.2. The molecule has 3 aromatic rings. The summed E-state index contributed by atoms with van der Waals surface area (Å²) in [6.45, 7) is 0.271. The summed E-state index contributed by atoms with van der Waals surface area (Å²) in [6.07, 6.45) is 1.67. The topological polar surface area (TPSA) is 51.2 Å². The van der Waals surface area contributed by atoms with E-state index in [0.29, 0.717) is 11.4 Å². The van der Waals surface area contributed by atoms with E-state index < -0.39 is 17.5 Å². The van der Waals surface area contributed by atoms with Crippen molar-refractivity contribution < 1.29 is 18.3 Å². The Labute approximate surface area is 153 Å². The summed E-state index contributed by atoms with van der Waals surface area (Å²) < 4.78 is 32.1. The third-order valence-electron chi connectivity index (χ3n) is 3.46. The zero-order chi connectivity index (χ0) is 18.5. The lowest BCUT2D eigenvalue weighted by molar-refractivity contribution is 0.102. The number of aromatic nitrogens is 1. The molecular formula is C19H13ClF2N2O2. The Balaban J connectivity index is 1.70. The minimum absolute atomic E-state index is 0.162. The van der Waals surface area contributed by atoms with E-state index in [1.807, 2.05) is 18.2 Å². The van der Waals surface area contributed by atoms with Crippen LogP contribution in [-0.2, 0) is 6.61 Å². The Hall–Kier alpha value is -2.99. The molecule has 2 aromatic carbocycles. The van der Waals surface area contributed by atoms with Crippen LogP contribution in [0.3, 0.4) is 0 Å². The standard InChI is InChI=1S/C19H13ClF2N2O2/c20-16-10-18(22)17(21)9-15(16)19(25)24-12-5-3-6-14(8-12)26-11-13-4-1-2-7-23-13/h1-10H,11H2,(H,24,25). The lowest BCUT2D eigenvalue weighted by Crippen LogP contribution is -2.13. The molecular weight excluding hydrogens is 362 g/mol. The molecule has 0 unspecified atom stereocenters. The Morgan fingerprint density at radius 2 is 1.88 bits per heavy atom. The molecule has 0 fully saturated rings. The fraction of sp³-hybridized carbons (Fsp3) is 0.0526. The van der Waals surface area contributed by atoms with Gasteiger partial charge in [-0.1, -0.05) is 23.7 Å². The van der Waals surface area contributed by atoms with Crippen molar-refractivity contribution in [2.75, 3.05) is 5.32 Å². The van der Waals surface area contributed by atoms with Crippen molar-refractivity contribution in [1.82, 2.24) is 4.98 Å². The number of benzene rings is 2. The van der Waals surface area contributed by atoms with Gasteiger partial charge in [0.2, 0.25) is 0 Å². The summed E-state index contributed by atoms with van der Waals surface area (Å²) >= 11 is 5.81. The van der Waals surface area contributed by atoms with E-state index in [1.165, 1.54) is 0 Å². The van der Waals surface area contributed by atoms with E-state index in [2.05, 4.69) is 10.3 Å². The highest BCUT2D eigenvalue weighted by Crippen LogP contribution is 2.23. The highest BCUT2D eigenvalue weighted by Gasteiger charge is 2.15. The van der Waals surface area contributed by atoms with Gasteiger partial charge in [-0.25, -0.2) is 8.78 Å². The number of carbonyl (C=O) groups is 1. The van der Waals surface area contributed by atoms with Crippen molar-refractivity contribution in [3.63, 3.8) is 0 Å². The largest absolute Gasteiger partial charge is 0.487 e. The van der Waals surface area contributed by atoms with Gasteiger partial charge in [0.25, 0.3) is 5.91 Å². The minimum atomic E-state index is -1.15. The molecule has 3 rings (SSSR count). The van der Waals surface area contributed by atoms with Crippen LogP contribution in [0.15, 0.2) is 60.8 Å². The van der Waals surface area contributed by atoms with Gasteiger partial charge in [-0.3, -0.25) is 9.78 Å². The normalized spacial score (nSPS) is 10.4. The Morgan fingerprint density at radius 1 is 1.08 bits per heavy atom. The second-order valence-corrected chi connectivity index (χ2v) is 5.75. The van der Waals surface area contributed by atoms with Gasteiger partial charge in [-0.05, 0) is 36.4 Å². The van der Waals surface area contributed by atoms with Crippen LogP contribution >= 0.6 is 11.6 Å². The molecule has 0 atom stereocenters. The van der Waals surface area contributed by atoms with Crippen LogP contribution in [0.25, 0.3) is 0 Å². The Bertz CT molecular complexity index is 936. The molecule has 0 aliphatic rings. The molecule has 1 N–H and O–H groups in total. The monoisotopic (exact) mass is 374 g/mol. The van der Waals surface area contributed by atoms with E-state index >= 15 is 0 Å². The molecule has 1 amide bonds. The third-order valence-corrected chi connectivity index (χ3v) is 3.77. The number of carbonyl (C=O) groups excluding carboxylic acids is 1. The average Bonchev–Trinajstić information content (AvgIpc) is 2.64. The van der Waals surface area contributed by atoms with Crippen molar-refractivity contribution in [3.05, 3.63) is 88.7 Å². The number of nitrogens with zero attached hydrogens (tertiary/aromatic N) is 1. The lowest BCUT2D eigenvalue weighted by Gasteiger charge is -2.10. The number of pyridine rings is 1. The maximum atomic E-state index is 13.3. The first kappa shape index (κ1) is 17.8. The summed E-state index contributed by atoms with van der Waals surface area (Å²) in [4.78, 5) is 16.4. The number of ether oxygens (including phenoxy) is 1. The number of nitrogens with one attached hydrogen (secondary N) is 1. The molecule has 0 saturated carbocycles. The van der Waals surface area contributed by atoms with Crippen LogP contribution in [0.1, 0.15) is 16.1 Å². The van der Waals surface area contributed by atoms with Gasteiger partial charge in [-0.2, -0.15) is 0 Å². The van der Waals surface area contributed by atoms with Crippen LogP contribution in [-0.4, -0.2) is 10.9 Å². The molecule has 0 spiro atoms. The van der Waals surface area contributed by atoms with E-state index in [9.17, 15) is 13.6 Å². The molecule has 1 heterocycles. The first-order chi connectivity index (χ1) is 12.5. The zero-order valence-corrected chi connectivity index (χ0v) is 14.1. The van der Waals surface area contributed by atoms with Crippen LogP contribution in [0, 0.1) is 11.6 Å². The van der Waals surface area contributed by atoms with Crippen LogP contribution in [0.4, 0.5) is 14.5 Å². The van der Waals surface area contributed by atoms with Crippen molar-refractivity contribution >= 4 is 23.2 Å². The average molecular weight is 375 g/mol.